The van der Waals surface area contributed by atoms with Crippen LogP contribution in [-0.4, -0.2) is 0 Å². The first-order valence-corrected chi connectivity index (χ1v) is 24.1. The average molecular weight is 873 g/mol. The summed E-state index contributed by atoms with van der Waals surface area (Å²) >= 11 is 0. The van der Waals surface area contributed by atoms with E-state index >= 15 is 0 Å². The van der Waals surface area contributed by atoms with Gasteiger partial charge in [-0.25, -0.2) is 0 Å². The zero-order valence-electron chi connectivity index (χ0n) is 37.9. The summed E-state index contributed by atoms with van der Waals surface area (Å²) in [5.74, 6) is 0. The van der Waals surface area contributed by atoms with E-state index in [1.165, 1.54) is 133 Å². The number of benzene rings is 12. The second-order valence-corrected chi connectivity index (χ2v) is 18.7. The van der Waals surface area contributed by atoms with Gasteiger partial charge in [-0.2, -0.15) is 0 Å². The highest BCUT2D eigenvalue weighted by molar-refractivity contribution is 6.22. The van der Waals surface area contributed by atoms with Crippen molar-refractivity contribution in [1.29, 1.82) is 0 Å². The summed E-state index contributed by atoms with van der Waals surface area (Å²) < 4.78 is 0. The Hall–Kier alpha value is -8.84. The van der Waals surface area contributed by atoms with Crippen LogP contribution >= 0.6 is 0 Å². The lowest BCUT2D eigenvalue weighted by atomic mass is 9.70. The lowest BCUT2D eigenvalue weighted by Gasteiger charge is -2.31. The lowest BCUT2D eigenvalue weighted by molar-refractivity contribution is 0.794. The molecule has 2 aliphatic carbocycles. The van der Waals surface area contributed by atoms with Crippen molar-refractivity contribution >= 4 is 21.5 Å². The van der Waals surface area contributed by atoms with Gasteiger partial charge in [-0.3, -0.25) is 0 Å². The van der Waals surface area contributed by atoms with Crippen molar-refractivity contribution in [3.8, 4) is 89.0 Å². The molecule has 2 aliphatic rings. The molecule has 0 unspecified atom stereocenters. The molecule has 0 atom stereocenters. The molecule has 0 bridgehead atoms. The summed E-state index contributed by atoms with van der Waals surface area (Å²) in [5, 5.41) is 4.97. The largest absolute Gasteiger partial charge is 0.0725 e. The van der Waals surface area contributed by atoms with Crippen LogP contribution in [0.3, 0.4) is 0 Å². The molecule has 69 heavy (non-hydrogen) atoms. The van der Waals surface area contributed by atoms with Crippen LogP contribution in [0.5, 0.6) is 0 Å². The molecule has 0 heteroatoms. The minimum absolute atomic E-state index is 0.462. The Balaban J connectivity index is 0.962. The minimum atomic E-state index is -0.462. The lowest BCUT2D eigenvalue weighted by Crippen LogP contribution is -2.26. The number of fused-ring (bicyclic) bond motifs is 12. The van der Waals surface area contributed by atoms with Crippen molar-refractivity contribution in [2.24, 2.45) is 0 Å². The highest BCUT2D eigenvalue weighted by Crippen LogP contribution is 2.63. The Labute approximate surface area is 403 Å². The zero-order valence-corrected chi connectivity index (χ0v) is 37.9. The van der Waals surface area contributed by atoms with Gasteiger partial charge in [0.05, 0.1) is 5.41 Å². The quantitative estimate of drug-likeness (QED) is 0.146. The van der Waals surface area contributed by atoms with Gasteiger partial charge < -0.3 is 0 Å². The van der Waals surface area contributed by atoms with Gasteiger partial charge in [0.25, 0.3) is 0 Å². The van der Waals surface area contributed by atoms with Crippen LogP contribution in [0, 0.1) is 0 Å². The molecular formula is C69H44. The van der Waals surface area contributed by atoms with Crippen LogP contribution in [0.15, 0.2) is 267 Å². The van der Waals surface area contributed by atoms with Gasteiger partial charge >= 0.3 is 0 Å². The molecule has 0 nitrogen and oxygen atoms in total. The molecule has 0 aliphatic heterocycles. The first-order chi connectivity index (χ1) is 34.2. The van der Waals surface area contributed by atoms with E-state index in [2.05, 4.69) is 267 Å². The van der Waals surface area contributed by atoms with Crippen molar-refractivity contribution in [2.75, 3.05) is 0 Å². The van der Waals surface area contributed by atoms with Crippen molar-refractivity contribution in [1.82, 2.24) is 0 Å². The smallest absolute Gasteiger partial charge is 0.0622 e. The predicted molar refractivity (Wildman–Crippen MR) is 290 cm³/mol. The van der Waals surface area contributed by atoms with E-state index in [9.17, 15) is 0 Å². The van der Waals surface area contributed by atoms with Crippen molar-refractivity contribution in [3.63, 3.8) is 0 Å². The fourth-order valence-corrected chi connectivity index (χ4v) is 12.1. The molecule has 12 aromatic carbocycles. The molecule has 0 saturated carbocycles. The molecule has 0 N–H and O–H groups in total. The zero-order chi connectivity index (χ0) is 45.5. The molecule has 1 spiro atoms. The third-order valence-corrected chi connectivity index (χ3v) is 15.0. The van der Waals surface area contributed by atoms with Crippen LogP contribution in [0.25, 0.3) is 111 Å². The Bertz CT molecular complexity index is 3830. The van der Waals surface area contributed by atoms with Gasteiger partial charge in [-0.1, -0.05) is 231 Å². The van der Waals surface area contributed by atoms with Crippen molar-refractivity contribution < 1.29 is 0 Å². The summed E-state index contributed by atoms with van der Waals surface area (Å²) in [7, 11) is 0. The van der Waals surface area contributed by atoms with Gasteiger partial charge in [0.15, 0.2) is 0 Å². The maximum absolute atomic E-state index is 2.51. The van der Waals surface area contributed by atoms with Gasteiger partial charge in [-0.05, 0) is 169 Å². The van der Waals surface area contributed by atoms with Crippen LogP contribution in [0.1, 0.15) is 22.3 Å². The molecule has 0 heterocycles. The number of hydrogen-bond donors (Lipinski definition) is 0. The van der Waals surface area contributed by atoms with Gasteiger partial charge in [-0.15, -0.1) is 0 Å². The van der Waals surface area contributed by atoms with Crippen molar-refractivity contribution in [2.45, 2.75) is 5.41 Å². The molecule has 0 amide bonds. The third kappa shape index (κ3) is 6.02. The highest BCUT2D eigenvalue weighted by atomic mass is 14.5. The van der Waals surface area contributed by atoms with Gasteiger partial charge in [0, 0.05) is 0 Å². The maximum Gasteiger partial charge on any atom is 0.0725 e. The fraction of sp³-hybridized carbons (Fsp3) is 0.0145. The molecule has 14 rings (SSSR count). The van der Waals surface area contributed by atoms with E-state index in [0.717, 1.165) is 0 Å². The summed E-state index contributed by atoms with van der Waals surface area (Å²) in [6.45, 7) is 0. The predicted octanol–water partition coefficient (Wildman–Crippen LogP) is 18.3. The van der Waals surface area contributed by atoms with Gasteiger partial charge in [0.1, 0.15) is 0 Å². The topological polar surface area (TPSA) is 0 Å². The van der Waals surface area contributed by atoms with Crippen LogP contribution < -0.4 is 0 Å². The average Bonchev–Trinajstić information content (AvgIpc) is 3.89. The van der Waals surface area contributed by atoms with Crippen LogP contribution in [0.4, 0.5) is 0 Å². The Kier molecular flexibility index (Phi) is 8.91. The van der Waals surface area contributed by atoms with E-state index in [0.29, 0.717) is 0 Å². The van der Waals surface area contributed by atoms with E-state index < -0.39 is 5.41 Å². The monoisotopic (exact) mass is 872 g/mol. The normalized spacial score (nSPS) is 12.8. The van der Waals surface area contributed by atoms with Crippen LogP contribution in [0.2, 0.25) is 0 Å². The number of rotatable bonds is 6. The Morgan fingerprint density at radius 2 is 0.493 bits per heavy atom. The summed E-state index contributed by atoms with van der Waals surface area (Å²) in [5.41, 5.74) is 24.8. The minimum Gasteiger partial charge on any atom is -0.0622 e. The summed E-state index contributed by atoms with van der Waals surface area (Å²) in [4.78, 5) is 0. The second kappa shape index (κ2) is 15.6. The second-order valence-electron chi connectivity index (χ2n) is 18.7. The Morgan fingerprint density at radius 1 is 0.174 bits per heavy atom. The first kappa shape index (κ1) is 39.3. The number of hydrogen-bond acceptors (Lipinski definition) is 0. The molecule has 0 aromatic heterocycles. The van der Waals surface area contributed by atoms with Gasteiger partial charge in [0.2, 0.25) is 0 Å². The fourth-order valence-electron chi connectivity index (χ4n) is 12.1. The van der Waals surface area contributed by atoms with E-state index in [-0.39, 0.29) is 0 Å². The van der Waals surface area contributed by atoms with E-state index in [1.54, 1.807) is 0 Å². The first-order valence-electron chi connectivity index (χ1n) is 24.1. The molecule has 320 valence electrons. The highest BCUT2D eigenvalue weighted by Gasteiger charge is 2.51. The third-order valence-electron chi connectivity index (χ3n) is 15.0. The molecular weight excluding hydrogens is 829 g/mol. The molecule has 0 fully saturated rings. The van der Waals surface area contributed by atoms with Crippen molar-refractivity contribution in [3.05, 3.63) is 289 Å². The summed E-state index contributed by atoms with van der Waals surface area (Å²) in [6.07, 6.45) is 0. The molecule has 0 saturated heterocycles. The Morgan fingerprint density at radius 3 is 0.986 bits per heavy atom. The summed E-state index contributed by atoms with van der Waals surface area (Å²) in [6, 6.07) is 99.5. The molecule has 0 radical (unpaired) electrons. The van der Waals surface area contributed by atoms with Crippen LogP contribution in [-0.2, 0) is 5.41 Å². The maximum atomic E-state index is 2.51. The standard InChI is InChI=1S/C69H44/c1-4-19-45(20-5-1)49-35-37-57-58-38-36-50(44-66(58)69(65(57)43-49)63-33-16-14-27-55(63)56-28-15-17-34-64(56)69)48-25-18-26-51(39-48)67-59-29-10-12-31-61(59)68(62-32-13-11-30-60(62)67)54-41-52(46-21-6-2-7-22-46)40-53(42-54)47-23-8-3-9-24-47/h1-44H. The molecule has 12 aromatic rings. The SMILES string of the molecule is c1ccc(-c2cc(-c3ccccc3)cc(-c3c4ccccc4c(-c4cccc(-c5ccc6c(c5)C5(c7ccccc7-c7ccccc75)c5cc(-c7ccccc7)ccc5-6)c4)c4ccccc34)c2)cc1. The van der Waals surface area contributed by atoms with E-state index in [4.69, 9.17) is 0 Å². The van der Waals surface area contributed by atoms with E-state index in [1.807, 2.05) is 0 Å².